The van der Waals surface area contributed by atoms with Crippen LogP contribution in [-0.4, -0.2) is 19.3 Å². The molecule has 5 heteroatoms. The maximum atomic E-state index is 6.08. The topological polar surface area (TPSA) is 59.3 Å². The van der Waals surface area contributed by atoms with Gasteiger partial charge >= 0.3 is 0 Å². The van der Waals surface area contributed by atoms with Crippen LogP contribution in [0.3, 0.4) is 0 Å². The first-order chi connectivity index (χ1) is 8.17. The van der Waals surface area contributed by atoms with Gasteiger partial charge < -0.3 is 10.5 Å². The smallest absolute Gasteiger partial charge is 0.122 e. The number of ether oxygens (including phenoxy) is 1. The highest BCUT2D eigenvalue weighted by molar-refractivity contribution is 6.30. The summed E-state index contributed by atoms with van der Waals surface area (Å²) in [6, 6.07) is 5.93. The van der Waals surface area contributed by atoms with Gasteiger partial charge in [-0.3, -0.25) is 5.43 Å². The Hall–Kier alpha value is -0.810. The quantitative estimate of drug-likeness (QED) is 0.768. The zero-order valence-electron chi connectivity index (χ0n) is 10.0. The summed E-state index contributed by atoms with van der Waals surface area (Å²) in [5, 5.41) is 0.703. The van der Waals surface area contributed by atoms with E-state index in [0.717, 1.165) is 17.7 Å². The predicted octanol–water partition coefficient (Wildman–Crippen LogP) is 1.60. The van der Waals surface area contributed by atoms with Gasteiger partial charge in [0.15, 0.2) is 0 Å². The Morgan fingerprint density at radius 2 is 2.18 bits per heavy atom. The maximum Gasteiger partial charge on any atom is 0.122 e. The summed E-state index contributed by atoms with van der Waals surface area (Å²) >= 11 is 6.05. The van der Waals surface area contributed by atoms with Gasteiger partial charge in [0, 0.05) is 22.5 Å². The van der Waals surface area contributed by atoms with Gasteiger partial charge in [0.05, 0.1) is 13.3 Å². The molecule has 94 valence electrons. The van der Waals surface area contributed by atoms with Gasteiger partial charge in [-0.2, -0.15) is 0 Å². The highest BCUT2D eigenvalue weighted by Gasteiger charge is 2.35. The highest BCUT2D eigenvalue weighted by Crippen LogP contribution is 2.35. The van der Waals surface area contributed by atoms with Crippen LogP contribution in [0.15, 0.2) is 18.2 Å². The molecule has 1 heterocycles. The van der Waals surface area contributed by atoms with E-state index >= 15 is 0 Å². The minimum atomic E-state index is -0.132. The van der Waals surface area contributed by atoms with E-state index in [1.807, 2.05) is 18.2 Å². The molecule has 0 aromatic heterocycles. The van der Waals surface area contributed by atoms with Crippen molar-refractivity contribution in [2.45, 2.75) is 31.5 Å². The van der Waals surface area contributed by atoms with E-state index in [1.165, 1.54) is 0 Å². The summed E-state index contributed by atoms with van der Waals surface area (Å²) in [5.74, 6) is 0.993. The van der Waals surface area contributed by atoms with Gasteiger partial charge in [0.1, 0.15) is 5.75 Å². The fraction of sp³-hybridized carbons (Fsp3) is 0.500. The van der Waals surface area contributed by atoms with Crippen LogP contribution >= 0.6 is 11.6 Å². The van der Waals surface area contributed by atoms with Gasteiger partial charge in [-0.15, -0.1) is 0 Å². The molecule has 1 aliphatic heterocycles. The first-order valence-electron chi connectivity index (χ1n) is 5.77. The second kappa shape index (κ2) is 5.23. The number of methoxy groups -OCH3 is 1. The molecule has 4 N–H and O–H groups in total. The molecular weight excluding hydrogens is 238 g/mol. The van der Waals surface area contributed by atoms with Crippen molar-refractivity contribution in [1.82, 2.24) is 10.9 Å². The molecule has 0 saturated carbocycles. The third-order valence-electron chi connectivity index (χ3n) is 3.25. The number of nitrogens with two attached hydrogens (primary N) is 1. The van der Waals surface area contributed by atoms with E-state index in [9.17, 15) is 0 Å². The summed E-state index contributed by atoms with van der Waals surface area (Å²) in [6.07, 6.45) is 0.855. The monoisotopic (exact) mass is 255 g/mol. The van der Waals surface area contributed by atoms with Crippen molar-refractivity contribution in [3.05, 3.63) is 28.8 Å². The molecule has 0 spiro atoms. The van der Waals surface area contributed by atoms with Crippen molar-refractivity contribution in [3.8, 4) is 5.75 Å². The molecule has 0 radical (unpaired) electrons. The van der Waals surface area contributed by atoms with Crippen molar-refractivity contribution < 1.29 is 4.74 Å². The lowest BCUT2D eigenvalue weighted by atomic mass is 9.89. The molecule has 17 heavy (non-hydrogen) atoms. The summed E-state index contributed by atoms with van der Waals surface area (Å²) in [7, 11) is 1.66. The Kier molecular flexibility index (Phi) is 3.89. The Morgan fingerprint density at radius 3 is 2.82 bits per heavy atom. The van der Waals surface area contributed by atoms with Crippen LogP contribution in [0.1, 0.15) is 24.8 Å². The van der Waals surface area contributed by atoms with Gasteiger partial charge in [-0.25, -0.2) is 5.43 Å². The van der Waals surface area contributed by atoms with Gasteiger partial charge in [0.25, 0.3) is 0 Å². The number of nitrogens with one attached hydrogen (secondary N) is 2. The van der Waals surface area contributed by atoms with Crippen LogP contribution in [0.5, 0.6) is 5.75 Å². The van der Waals surface area contributed by atoms with Crippen LogP contribution in [0, 0.1) is 0 Å². The average molecular weight is 256 g/mol. The van der Waals surface area contributed by atoms with E-state index in [4.69, 9.17) is 22.1 Å². The Bertz CT molecular complexity index is 399. The first kappa shape index (κ1) is 12.6. The summed E-state index contributed by atoms with van der Waals surface area (Å²) in [6.45, 7) is 2.13. The number of hydrogen-bond donors (Lipinski definition) is 3. The van der Waals surface area contributed by atoms with Gasteiger partial charge in [-0.1, -0.05) is 18.5 Å². The summed E-state index contributed by atoms with van der Waals surface area (Å²) in [4.78, 5) is 0. The van der Waals surface area contributed by atoms with Crippen LogP contribution < -0.4 is 21.3 Å². The van der Waals surface area contributed by atoms with Gasteiger partial charge in [-0.05, 0) is 24.6 Å². The van der Waals surface area contributed by atoms with Crippen molar-refractivity contribution >= 4 is 11.6 Å². The molecule has 1 saturated heterocycles. The molecule has 3 unspecified atom stereocenters. The lowest BCUT2D eigenvalue weighted by molar-refractivity contribution is 0.397. The second-order valence-corrected chi connectivity index (χ2v) is 4.68. The number of hydrogen-bond acceptors (Lipinski definition) is 4. The Balaban J connectivity index is 2.40. The van der Waals surface area contributed by atoms with Crippen molar-refractivity contribution in [2.75, 3.05) is 7.11 Å². The van der Waals surface area contributed by atoms with E-state index in [2.05, 4.69) is 17.8 Å². The molecule has 1 aliphatic rings. The zero-order valence-corrected chi connectivity index (χ0v) is 10.8. The lowest BCUT2D eigenvalue weighted by Gasteiger charge is -2.22. The van der Waals surface area contributed by atoms with Crippen LogP contribution in [0.2, 0.25) is 5.02 Å². The van der Waals surface area contributed by atoms with Gasteiger partial charge in [0.2, 0.25) is 0 Å². The lowest BCUT2D eigenvalue weighted by Crippen LogP contribution is -2.38. The molecule has 0 aliphatic carbocycles. The standard InChI is InChI=1S/C12H18ClN3O/c1-3-9-11(12(14)16-15-9)8-6-7(13)4-5-10(8)17-2/h4-6,9,11-12,15-16H,3,14H2,1-2H3. The van der Waals surface area contributed by atoms with Crippen molar-refractivity contribution in [3.63, 3.8) is 0 Å². The highest BCUT2D eigenvalue weighted by atomic mass is 35.5. The number of benzene rings is 1. The Labute approximate surface area is 106 Å². The van der Waals surface area contributed by atoms with Crippen LogP contribution in [0.4, 0.5) is 0 Å². The maximum absolute atomic E-state index is 6.08. The molecular formula is C12H18ClN3O. The predicted molar refractivity (Wildman–Crippen MR) is 69.1 cm³/mol. The largest absolute Gasteiger partial charge is 0.496 e. The van der Waals surface area contributed by atoms with E-state index in [1.54, 1.807) is 7.11 Å². The van der Waals surface area contributed by atoms with Crippen molar-refractivity contribution in [1.29, 1.82) is 0 Å². The van der Waals surface area contributed by atoms with Crippen LogP contribution in [0.25, 0.3) is 0 Å². The normalized spacial score (nSPS) is 28.4. The Morgan fingerprint density at radius 1 is 1.41 bits per heavy atom. The van der Waals surface area contributed by atoms with E-state index < -0.39 is 0 Å². The number of rotatable bonds is 3. The molecule has 1 fully saturated rings. The molecule has 4 nitrogen and oxygen atoms in total. The molecule has 3 atom stereocenters. The fourth-order valence-electron chi connectivity index (χ4n) is 2.36. The van der Waals surface area contributed by atoms with E-state index in [-0.39, 0.29) is 18.1 Å². The van der Waals surface area contributed by atoms with Crippen LogP contribution in [-0.2, 0) is 0 Å². The summed E-state index contributed by atoms with van der Waals surface area (Å²) in [5.41, 5.74) is 13.4. The summed E-state index contributed by atoms with van der Waals surface area (Å²) < 4.78 is 5.38. The average Bonchev–Trinajstić information content (AvgIpc) is 2.70. The third-order valence-corrected chi connectivity index (χ3v) is 3.48. The minimum Gasteiger partial charge on any atom is -0.496 e. The third kappa shape index (κ3) is 2.40. The molecule has 0 amide bonds. The van der Waals surface area contributed by atoms with Crippen molar-refractivity contribution in [2.24, 2.45) is 5.73 Å². The van der Waals surface area contributed by atoms with E-state index in [0.29, 0.717) is 5.02 Å². The SMILES string of the molecule is CCC1NNC(N)C1c1cc(Cl)ccc1OC. The molecule has 1 aromatic carbocycles. The molecule has 0 bridgehead atoms. The fourth-order valence-corrected chi connectivity index (χ4v) is 2.55. The zero-order chi connectivity index (χ0) is 12.4. The minimum absolute atomic E-state index is 0.132. The second-order valence-electron chi connectivity index (χ2n) is 4.24. The number of hydrazine groups is 1. The number of halogens is 1. The first-order valence-corrected chi connectivity index (χ1v) is 6.15. The molecule has 1 aromatic rings. The molecule has 2 rings (SSSR count).